The number of hydrogen-bond acceptors (Lipinski definition) is 3. The molecule has 4 nitrogen and oxygen atoms in total. The molecular weight excluding hydrogens is 723 g/mol. The predicted molar refractivity (Wildman–Crippen MR) is 262 cm³/mol. The van der Waals surface area contributed by atoms with Gasteiger partial charge in [0.05, 0.1) is 18.8 Å². The number of carbonyl (C=O) groups excluding carboxylic acids is 1. The van der Waals surface area contributed by atoms with Gasteiger partial charge in [-0.25, -0.2) is 0 Å². The van der Waals surface area contributed by atoms with Crippen molar-refractivity contribution in [3.8, 4) is 0 Å². The number of allylic oxidation sites excluding steroid dienone is 13. The number of aliphatic hydroxyl groups is 2. The van der Waals surface area contributed by atoms with Crippen LogP contribution in [0.25, 0.3) is 0 Å². The summed E-state index contributed by atoms with van der Waals surface area (Å²) in [4.78, 5) is 12.4. The molecular formula is C55H97NO3. The second kappa shape index (κ2) is 49.9. The van der Waals surface area contributed by atoms with Gasteiger partial charge in [-0.1, -0.05) is 247 Å². The SMILES string of the molecule is CC/C=C\C/C=C\C/C=C\C/C=C\C/C=C\CCCC(=O)NC(CO)C(O)/C=C/CC/C=C/CCCCCCCCCCCCCCCCCCCCCCCCCC. The Labute approximate surface area is 367 Å². The van der Waals surface area contributed by atoms with Gasteiger partial charge in [0, 0.05) is 6.42 Å². The van der Waals surface area contributed by atoms with Crippen LogP contribution in [0.4, 0.5) is 0 Å². The minimum absolute atomic E-state index is 0.132. The highest BCUT2D eigenvalue weighted by Gasteiger charge is 2.17. The van der Waals surface area contributed by atoms with E-state index in [1.807, 2.05) is 6.08 Å². The molecule has 0 saturated heterocycles. The number of rotatable bonds is 45. The molecule has 0 aromatic carbocycles. The molecule has 340 valence electrons. The summed E-state index contributed by atoms with van der Waals surface area (Å²) in [6, 6.07) is -0.674. The highest BCUT2D eigenvalue weighted by Crippen LogP contribution is 2.16. The number of nitrogens with one attached hydrogen (secondary N) is 1. The second-order valence-corrected chi connectivity index (χ2v) is 16.8. The highest BCUT2D eigenvalue weighted by molar-refractivity contribution is 5.76. The third kappa shape index (κ3) is 46.5. The fourth-order valence-electron chi connectivity index (χ4n) is 7.29. The van der Waals surface area contributed by atoms with E-state index in [1.54, 1.807) is 6.08 Å². The van der Waals surface area contributed by atoms with E-state index in [9.17, 15) is 15.0 Å². The van der Waals surface area contributed by atoms with Gasteiger partial charge >= 0.3 is 0 Å². The zero-order valence-electron chi connectivity index (χ0n) is 39.0. The van der Waals surface area contributed by atoms with Gasteiger partial charge < -0.3 is 15.5 Å². The van der Waals surface area contributed by atoms with Crippen molar-refractivity contribution < 1.29 is 15.0 Å². The van der Waals surface area contributed by atoms with Crippen molar-refractivity contribution in [3.63, 3.8) is 0 Å². The second-order valence-electron chi connectivity index (χ2n) is 16.8. The molecule has 0 aliphatic heterocycles. The molecule has 0 aliphatic rings. The lowest BCUT2D eigenvalue weighted by atomic mass is 10.0. The average molecular weight is 820 g/mol. The monoisotopic (exact) mass is 820 g/mol. The van der Waals surface area contributed by atoms with Gasteiger partial charge in [-0.2, -0.15) is 0 Å². The van der Waals surface area contributed by atoms with Gasteiger partial charge in [-0.15, -0.1) is 0 Å². The molecule has 3 N–H and O–H groups in total. The van der Waals surface area contributed by atoms with Crippen molar-refractivity contribution in [1.82, 2.24) is 5.32 Å². The van der Waals surface area contributed by atoms with Crippen LogP contribution in [0.5, 0.6) is 0 Å². The van der Waals surface area contributed by atoms with Crippen LogP contribution >= 0.6 is 0 Å². The molecule has 0 aromatic heterocycles. The maximum absolute atomic E-state index is 12.4. The van der Waals surface area contributed by atoms with Crippen LogP contribution in [-0.2, 0) is 4.79 Å². The first-order valence-electron chi connectivity index (χ1n) is 25.3. The Morgan fingerprint density at radius 2 is 0.763 bits per heavy atom. The lowest BCUT2D eigenvalue weighted by Crippen LogP contribution is -2.45. The molecule has 0 fully saturated rings. The summed E-state index contributed by atoms with van der Waals surface area (Å²) in [7, 11) is 0. The smallest absolute Gasteiger partial charge is 0.220 e. The van der Waals surface area contributed by atoms with Gasteiger partial charge in [-0.3, -0.25) is 4.79 Å². The Morgan fingerprint density at radius 1 is 0.424 bits per heavy atom. The number of aliphatic hydroxyl groups excluding tert-OH is 2. The lowest BCUT2D eigenvalue weighted by molar-refractivity contribution is -0.122. The molecule has 2 atom stereocenters. The molecule has 0 bridgehead atoms. The fraction of sp³-hybridized carbons (Fsp3) is 0.727. The normalized spacial score (nSPS) is 13.6. The zero-order chi connectivity index (χ0) is 42.8. The van der Waals surface area contributed by atoms with Crippen LogP contribution in [0.2, 0.25) is 0 Å². The largest absolute Gasteiger partial charge is 0.394 e. The molecule has 4 heteroatoms. The standard InChI is InChI=1S/C55H97NO3/c1-3-5-7-9-11-13-15-17-19-21-22-23-24-25-26-27-28-29-30-31-32-33-35-36-38-40-42-44-46-48-50-54(58)53(52-57)56-55(59)51-49-47-45-43-41-39-37-34-20-18-16-14-12-10-8-6-4-2/h6,8,12,14,18,20,37,39-40,42-43,45,48,50,53-54,57-58H,3-5,7,9-11,13,15-17,19,21-36,38,41,44,46-47,49,51-52H2,1-2H3,(H,56,59)/b8-6-,14-12-,20-18-,39-37-,42-40+,45-43-,50-48+. The lowest BCUT2D eigenvalue weighted by Gasteiger charge is -2.19. The third-order valence-electron chi connectivity index (χ3n) is 11.1. The Balaban J connectivity index is 3.60. The maximum atomic E-state index is 12.4. The van der Waals surface area contributed by atoms with Crippen molar-refractivity contribution in [1.29, 1.82) is 0 Å². The van der Waals surface area contributed by atoms with Crippen LogP contribution in [-0.4, -0.2) is 34.9 Å². The van der Waals surface area contributed by atoms with Crippen LogP contribution in [0.3, 0.4) is 0 Å². The van der Waals surface area contributed by atoms with Gasteiger partial charge in [-0.05, 0) is 70.6 Å². The van der Waals surface area contributed by atoms with Crippen molar-refractivity contribution in [3.05, 3.63) is 85.1 Å². The van der Waals surface area contributed by atoms with Gasteiger partial charge in [0.15, 0.2) is 0 Å². The minimum Gasteiger partial charge on any atom is -0.394 e. The van der Waals surface area contributed by atoms with Crippen molar-refractivity contribution in [2.45, 2.75) is 251 Å². The first-order valence-corrected chi connectivity index (χ1v) is 25.3. The van der Waals surface area contributed by atoms with Crippen molar-refractivity contribution in [2.24, 2.45) is 0 Å². The summed E-state index contributed by atoms with van der Waals surface area (Å²) in [5, 5.41) is 23.0. The summed E-state index contributed by atoms with van der Waals surface area (Å²) in [5.74, 6) is -0.132. The zero-order valence-corrected chi connectivity index (χ0v) is 39.0. The van der Waals surface area contributed by atoms with Crippen LogP contribution in [0.1, 0.15) is 239 Å². The van der Waals surface area contributed by atoms with E-state index in [0.717, 1.165) is 64.2 Å². The average Bonchev–Trinajstić information content (AvgIpc) is 3.24. The first kappa shape index (κ1) is 56.6. The van der Waals surface area contributed by atoms with Crippen LogP contribution < -0.4 is 5.32 Å². The molecule has 1 amide bonds. The predicted octanol–water partition coefficient (Wildman–Crippen LogP) is 16.4. The van der Waals surface area contributed by atoms with Gasteiger partial charge in [0.25, 0.3) is 0 Å². The topological polar surface area (TPSA) is 69.6 Å². The van der Waals surface area contributed by atoms with E-state index in [1.165, 1.54) is 154 Å². The minimum atomic E-state index is -0.891. The fourth-order valence-corrected chi connectivity index (χ4v) is 7.29. The van der Waals surface area contributed by atoms with E-state index in [2.05, 4.69) is 92.1 Å². The molecule has 0 heterocycles. The van der Waals surface area contributed by atoms with E-state index < -0.39 is 12.1 Å². The number of unbranched alkanes of at least 4 members (excludes halogenated alkanes) is 26. The summed E-state index contributed by atoms with van der Waals surface area (Å²) < 4.78 is 0. The molecule has 0 saturated carbocycles. The molecule has 0 aromatic rings. The van der Waals surface area contributed by atoms with E-state index in [-0.39, 0.29) is 12.5 Å². The molecule has 2 unspecified atom stereocenters. The van der Waals surface area contributed by atoms with Crippen molar-refractivity contribution >= 4 is 5.91 Å². The summed E-state index contributed by atoms with van der Waals surface area (Å²) in [5.41, 5.74) is 0. The summed E-state index contributed by atoms with van der Waals surface area (Å²) in [6.07, 6.45) is 73.1. The Bertz CT molecular complexity index is 1070. The van der Waals surface area contributed by atoms with Gasteiger partial charge in [0.2, 0.25) is 5.91 Å². The molecule has 0 aliphatic carbocycles. The van der Waals surface area contributed by atoms with E-state index in [0.29, 0.717) is 6.42 Å². The number of amides is 1. The Kier molecular flexibility index (Phi) is 47.9. The van der Waals surface area contributed by atoms with Crippen LogP contribution in [0, 0.1) is 0 Å². The highest BCUT2D eigenvalue weighted by atomic mass is 16.3. The Hall–Kier alpha value is -2.43. The Morgan fingerprint density at radius 3 is 1.19 bits per heavy atom. The molecule has 0 rings (SSSR count). The molecule has 59 heavy (non-hydrogen) atoms. The maximum Gasteiger partial charge on any atom is 0.220 e. The van der Waals surface area contributed by atoms with E-state index >= 15 is 0 Å². The third-order valence-corrected chi connectivity index (χ3v) is 11.1. The number of hydrogen-bond donors (Lipinski definition) is 3. The first-order chi connectivity index (χ1) is 29.2. The number of carbonyl (C=O) groups is 1. The molecule has 0 spiro atoms. The summed E-state index contributed by atoms with van der Waals surface area (Å²) in [6.45, 7) is 4.16. The van der Waals surface area contributed by atoms with Crippen molar-refractivity contribution in [2.75, 3.05) is 6.61 Å². The quantitative estimate of drug-likeness (QED) is 0.0423. The van der Waals surface area contributed by atoms with Gasteiger partial charge in [0.1, 0.15) is 0 Å². The molecule has 0 radical (unpaired) electrons. The van der Waals surface area contributed by atoms with E-state index in [4.69, 9.17) is 0 Å². The van der Waals surface area contributed by atoms with Crippen LogP contribution in [0.15, 0.2) is 85.1 Å². The summed E-state index contributed by atoms with van der Waals surface area (Å²) >= 11 is 0.